The van der Waals surface area contributed by atoms with E-state index < -0.39 is 0 Å². The van der Waals surface area contributed by atoms with Crippen molar-refractivity contribution in [3.05, 3.63) is 0 Å². The van der Waals surface area contributed by atoms with Crippen LogP contribution in [0.4, 0.5) is 0 Å². The second kappa shape index (κ2) is 12.3. The van der Waals surface area contributed by atoms with Gasteiger partial charge in [-0.25, -0.2) is 0 Å². The molecule has 3 nitrogen and oxygen atoms in total. The van der Waals surface area contributed by atoms with Crippen molar-refractivity contribution in [3.63, 3.8) is 0 Å². The molecule has 0 aromatic rings. The van der Waals surface area contributed by atoms with Crippen LogP contribution in [0.3, 0.4) is 0 Å². The highest BCUT2D eigenvalue weighted by Crippen LogP contribution is 1.96. The van der Waals surface area contributed by atoms with E-state index in [-0.39, 0.29) is 0 Å². The minimum atomic E-state index is 0.611. The third kappa shape index (κ3) is 12.1. The van der Waals surface area contributed by atoms with Gasteiger partial charge < -0.3 is 15.0 Å². The average molecular weight is 244 g/mol. The zero-order valence-corrected chi connectivity index (χ0v) is 12.3. The Morgan fingerprint density at radius 3 is 2.29 bits per heavy atom. The first-order chi connectivity index (χ1) is 8.20. The molecule has 0 aliphatic carbocycles. The molecular weight excluding hydrogens is 212 g/mol. The molecule has 0 aliphatic heterocycles. The van der Waals surface area contributed by atoms with Crippen molar-refractivity contribution in [2.75, 3.05) is 39.4 Å². The largest absolute Gasteiger partial charge is 0.380 e. The number of nitrogens with one attached hydrogen (secondary N) is 1. The molecule has 0 amide bonds. The van der Waals surface area contributed by atoms with Crippen LogP contribution in [-0.2, 0) is 4.74 Å². The summed E-state index contributed by atoms with van der Waals surface area (Å²) < 4.78 is 5.63. The fourth-order valence-electron chi connectivity index (χ4n) is 1.73. The molecule has 0 aliphatic rings. The van der Waals surface area contributed by atoms with E-state index in [1.165, 1.54) is 19.3 Å². The van der Waals surface area contributed by atoms with Crippen molar-refractivity contribution in [1.29, 1.82) is 0 Å². The first-order valence-electron chi connectivity index (χ1n) is 7.24. The molecule has 0 fully saturated rings. The highest BCUT2D eigenvalue weighted by Gasteiger charge is 1.98. The molecule has 0 heterocycles. The van der Waals surface area contributed by atoms with Gasteiger partial charge in [0.2, 0.25) is 0 Å². The van der Waals surface area contributed by atoms with E-state index in [0.717, 1.165) is 39.4 Å². The molecule has 3 heteroatoms. The molecule has 1 N–H and O–H groups in total. The highest BCUT2D eigenvalue weighted by molar-refractivity contribution is 4.53. The maximum Gasteiger partial charge on any atom is 0.0593 e. The Balaban J connectivity index is 3.08. The predicted molar refractivity (Wildman–Crippen MR) is 75.6 cm³/mol. The van der Waals surface area contributed by atoms with Gasteiger partial charge in [0, 0.05) is 19.2 Å². The minimum absolute atomic E-state index is 0.611. The summed E-state index contributed by atoms with van der Waals surface area (Å²) in [5, 5.41) is 3.43. The monoisotopic (exact) mass is 244 g/mol. The highest BCUT2D eigenvalue weighted by atomic mass is 16.5. The number of rotatable bonds is 12. The summed E-state index contributed by atoms with van der Waals surface area (Å²) in [7, 11) is 0. The number of hydrogen-bond donors (Lipinski definition) is 1. The molecule has 0 spiro atoms. The van der Waals surface area contributed by atoms with Gasteiger partial charge in [0.05, 0.1) is 6.61 Å². The standard InChI is InChI=1S/C14H32N2O/c1-5-16(6-2)11-13-17-12-9-7-8-10-15-14(3)4/h14-15H,5-13H2,1-4H3. The lowest BCUT2D eigenvalue weighted by Crippen LogP contribution is -2.27. The van der Waals surface area contributed by atoms with Crippen molar-refractivity contribution in [1.82, 2.24) is 10.2 Å². The third-order valence-corrected chi connectivity index (χ3v) is 2.96. The second-order valence-electron chi connectivity index (χ2n) is 4.81. The van der Waals surface area contributed by atoms with Gasteiger partial charge in [0.1, 0.15) is 0 Å². The molecule has 0 aromatic heterocycles. The van der Waals surface area contributed by atoms with Crippen molar-refractivity contribution >= 4 is 0 Å². The smallest absolute Gasteiger partial charge is 0.0593 e. The average Bonchev–Trinajstić information content (AvgIpc) is 2.31. The zero-order chi connectivity index (χ0) is 12.9. The van der Waals surface area contributed by atoms with Crippen LogP contribution in [0.5, 0.6) is 0 Å². The quantitative estimate of drug-likeness (QED) is 0.534. The van der Waals surface area contributed by atoms with Gasteiger partial charge in [-0.3, -0.25) is 0 Å². The van der Waals surface area contributed by atoms with E-state index in [4.69, 9.17) is 4.74 Å². The molecule has 0 saturated carbocycles. The molecule has 0 atom stereocenters. The SMILES string of the molecule is CCN(CC)CCOCCCCCNC(C)C. The minimum Gasteiger partial charge on any atom is -0.380 e. The lowest BCUT2D eigenvalue weighted by molar-refractivity contribution is 0.104. The van der Waals surface area contributed by atoms with Gasteiger partial charge in [-0.15, -0.1) is 0 Å². The summed E-state index contributed by atoms with van der Waals surface area (Å²) in [6, 6.07) is 0.611. The lowest BCUT2D eigenvalue weighted by atomic mass is 10.2. The van der Waals surface area contributed by atoms with Crippen LogP contribution in [0.1, 0.15) is 47.0 Å². The summed E-state index contributed by atoms with van der Waals surface area (Å²) in [6.45, 7) is 15.0. The van der Waals surface area contributed by atoms with Crippen LogP contribution in [0, 0.1) is 0 Å². The molecule has 0 unspecified atom stereocenters. The summed E-state index contributed by atoms with van der Waals surface area (Å²) in [6.07, 6.45) is 3.72. The fourth-order valence-corrected chi connectivity index (χ4v) is 1.73. The Kier molecular flexibility index (Phi) is 12.3. The van der Waals surface area contributed by atoms with Crippen LogP contribution in [-0.4, -0.2) is 50.3 Å². The van der Waals surface area contributed by atoms with E-state index in [0.29, 0.717) is 6.04 Å². The molecule has 0 radical (unpaired) electrons. The topological polar surface area (TPSA) is 24.5 Å². The Labute approximate surface area is 108 Å². The van der Waals surface area contributed by atoms with Gasteiger partial charge in [-0.05, 0) is 38.9 Å². The van der Waals surface area contributed by atoms with Crippen molar-refractivity contribution in [2.24, 2.45) is 0 Å². The third-order valence-electron chi connectivity index (χ3n) is 2.96. The van der Waals surface area contributed by atoms with Crippen molar-refractivity contribution in [3.8, 4) is 0 Å². The van der Waals surface area contributed by atoms with Gasteiger partial charge in [0.25, 0.3) is 0 Å². The Morgan fingerprint density at radius 2 is 1.71 bits per heavy atom. The lowest BCUT2D eigenvalue weighted by Gasteiger charge is -2.17. The van der Waals surface area contributed by atoms with Crippen LogP contribution in [0.25, 0.3) is 0 Å². The van der Waals surface area contributed by atoms with E-state index in [1.807, 2.05) is 0 Å². The van der Waals surface area contributed by atoms with Gasteiger partial charge in [0.15, 0.2) is 0 Å². The molecule has 17 heavy (non-hydrogen) atoms. The second-order valence-corrected chi connectivity index (χ2v) is 4.81. The molecular formula is C14H32N2O. The zero-order valence-electron chi connectivity index (χ0n) is 12.3. The Bertz CT molecular complexity index is 147. The van der Waals surface area contributed by atoms with E-state index in [1.54, 1.807) is 0 Å². The Hall–Kier alpha value is -0.120. The number of ether oxygens (including phenoxy) is 1. The van der Waals surface area contributed by atoms with E-state index in [2.05, 4.69) is 37.9 Å². The maximum absolute atomic E-state index is 5.63. The van der Waals surface area contributed by atoms with Crippen molar-refractivity contribution in [2.45, 2.75) is 53.0 Å². The number of unbranched alkanes of at least 4 members (excludes halogenated alkanes) is 2. The van der Waals surface area contributed by atoms with E-state index in [9.17, 15) is 0 Å². The van der Waals surface area contributed by atoms with Gasteiger partial charge >= 0.3 is 0 Å². The van der Waals surface area contributed by atoms with Crippen LogP contribution >= 0.6 is 0 Å². The molecule has 0 bridgehead atoms. The Morgan fingerprint density at radius 1 is 1.00 bits per heavy atom. The van der Waals surface area contributed by atoms with Crippen molar-refractivity contribution < 1.29 is 4.74 Å². The van der Waals surface area contributed by atoms with E-state index >= 15 is 0 Å². The molecule has 0 saturated heterocycles. The molecule has 0 aromatic carbocycles. The maximum atomic E-state index is 5.63. The first kappa shape index (κ1) is 16.9. The molecule has 104 valence electrons. The normalized spacial score (nSPS) is 11.6. The number of nitrogens with zero attached hydrogens (tertiary/aromatic N) is 1. The summed E-state index contributed by atoms with van der Waals surface area (Å²) in [5.74, 6) is 0. The van der Waals surface area contributed by atoms with Gasteiger partial charge in [-0.2, -0.15) is 0 Å². The van der Waals surface area contributed by atoms with Gasteiger partial charge in [-0.1, -0.05) is 27.7 Å². The van der Waals surface area contributed by atoms with Crippen LogP contribution in [0.15, 0.2) is 0 Å². The number of hydrogen-bond acceptors (Lipinski definition) is 3. The fraction of sp³-hybridized carbons (Fsp3) is 1.00. The molecule has 0 rings (SSSR count). The first-order valence-corrected chi connectivity index (χ1v) is 7.24. The van der Waals surface area contributed by atoms with Crippen LogP contribution in [0.2, 0.25) is 0 Å². The van der Waals surface area contributed by atoms with Crippen LogP contribution < -0.4 is 5.32 Å². The summed E-state index contributed by atoms with van der Waals surface area (Å²) >= 11 is 0. The summed E-state index contributed by atoms with van der Waals surface area (Å²) in [4.78, 5) is 2.40. The summed E-state index contributed by atoms with van der Waals surface area (Å²) in [5.41, 5.74) is 0. The number of likely N-dealkylation sites (N-methyl/N-ethyl adjacent to an activating group) is 1. The predicted octanol–water partition coefficient (Wildman–Crippen LogP) is 2.51.